The standard InChI is InChI=1S/C14H16N2S/c1-2-4-13(11-5-6-11)12(3-1)9-15-10-14-16-7-8-17-14/h1-4,7-8,11,15H,5-6,9-10H2. The van der Waals surface area contributed by atoms with Gasteiger partial charge in [-0.2, -0.15) is 0 Å². The quantitative estimate of drug-likeness (QED) is 0.873. The Balaban J connectivity index is 1.61. The Kier molecular flexibility index (Phi) is 3.20. The number of nitrogens with zero attached hydrogens (tertiary/aromatic N) is 1. The molecule has 88 valence electrons. The Hall–Kier alpha value is -1.19. The van der Waals surface area contributed by atoms with Gasteiger partial charge < -0.3 is 5.32 Å². The van der Waals surface area contributed by atoms with Crippen molar-refractivity contribution in [2.45, 2.75) is 31.8 Å². The largest absolute Gasteiger partial charge is 0.306 e. The minimum atomic E-state index is 0.827. The average Bonchev–Trinajstić information content (AvgIpc) is 3.08. The van der Waals surface area contributed by atoms with E-state index in [1.54, 1.807) is 16.9 Å². The van der Waals surface area contributed by atoms with Crippen LogP contribution in [0.4, 0.5) is 0 Å². The predicted octanol–water partition coefficient (Wildman–Crippen LogP) is 3.31. The van der Waals surface area contributed by atoms with Crippen molar-refractivity contribution in [3.05, 3.63) is 52.0 Å². The van der Waals surface area contributed by atoms with Crippen LogP contribution in [-0.2, 0) is 13.1 Å². The molecule has 0 spiro atoms. The Morgan fingerprint density at radius 3 is 2.88 bits per heavy atom. The van der Waals surface area contributed by atoms with Gasteiger partial charge in [0.2, 0.25) is 0 Å². The summed E-state index contributed by atoms with van der Waals surface area (Å²) in [6.07, 6.45) is 4.59. The van der Waals surface area contributed by atoms with Crippen molar-refractivity contribution < 1.29 is 0 Å². The molecule has 1 aromatic carbocycles. The van der Waals surface area contributed by atoms with E-state index in [1.807, 2.05) is 11.6 Å². The summed E-state index contributed by atoms with van der Waals surface area (Å²) in [5.41, 5.74) is 2.99. The lowest BCUT2D eigenvalue weighted by Gasteiger charge is -2.08. The molecule has 1 aliphatic rings. The van der Waals surface area contributed by atoms with E-state index in [1.165, 1.54) is 18.4 Å². The molecule has 0 amide bonds. The van der Waals surface area contributed by atoms with Crippen molar-refractivity contribution in [1.29, 1.82) is 0 Å². The number of rotatable bonds is 5. The van der Waals surface area contributed by atoms with Crippen LogP contribution in [0.2, 0.25) is 0 Å². The smallest absolute Gasteiger partial charge is 0.106 e. The molecule has 1 aromatic heterocycles. The van der Waals surface area contributed by atoms with Crippen molar-refractivity contribution in [3.8, 4) is 0 Å². The molecule has 1 fully saturated rings. The number of aromatic nitrogens is 1. The Bertz CT molecular complexity index is 475. The highest BCUT2D eigenvalue weighted by Gasteiger charge is 2.25. The molecule has 0 unspecified atom stereocenters. The van der Waals surface area contributed by atoms with E-state index in [0.717, 1.165) is 24.0 Å². The van der Waals surface area contributed by atoms with Crippen LogP contribution in [0.3, 0.4) is 0 Å². The van der Waals surface area contributed by atoms with Crippen LogP contribution >= 0.6 is 11.3 Å². The highest BCUT2D eigenvalue weighted by Crippen LogP contribution is 2.41. The third kappa shape index (κ3) is 2.73. The fourth-order valence-electron chi connectivity index (χ4n) is 2.13. The summed E-state index contributed by atoms with van der Waals surface area (Å²) in [5, 5.41) is 6.66. The second kappa shape index (κ2) is 4.98. The van der Waals surface area contributed by atoms with Crippen molar-refractivity contribution >= 4 is 11.3 Å². The van der Waals surface area contributed by atoms with Crippen LogP contribution in [0.15, 0.2) is 35.8 Å². The van der Waals surface area contributed by atoms with E-state index in [0.29, 0.717) is 0 Å². The van der Waals surface area contributed by atoms with Crippen molar-refractivity contribution in [2.75, 3.05) is 0 Å². The van der Waals surface area contributed by atoms with Gasteiger partial charge in [-0.15, -0.1) is 11.3 Å². The van der Waals surface area contributed by atoms with Gasteiger partial charge in [-0.05, 0) is 29.9 Å². The lowest BCUT2D eigenvalue weighted by molar-refractivity contribution is 0.684. The highest BCUT2D eigenvalue weighted by atomic mass is 32.1. The van der Waals surface area contributed by atoms with Crippen LogP contribution in [0, 0.1) is 0 Å². The van der Waals surface area contributed by atoms with Crippen LogP contribution < -0.4 is 5.32 Å². The van der Waals surface area contributed by atoms with Gasteiger partial charge in [-0.1, -0.05) is 24.3 Å². The zero-order valence-corrected chi connectivity index (χ0v) is 10.5. The second-order valence-corrected chi connectivity index (χ2v) is 5.48. The normalized spacial score (nSPS) is 15.1. The maximum atomic E-state index is 4.27. The van der Waals surface area contributed by atoms with E-state index in [9.17, 15) is 0 Å². The molecule has 1 heterocycles. The lowest BCUT2D eigenvalue weighted by Crippen LogP contribution is -2.13. The van der Waals surface area contributed by atoms with Gasteiger partial charge in [0.15, 0.2) is 0 Å². The molecule has 2 nitrogen and oxygen atoms in total. The summed E-state index contributed by atoms with van der Waals surface area (Å²) < 4.78 is 0. The number of benzene rings is 1. The zero-order valence-electron chi connectivity index (χ0n) is 9.73. The van der Waals surface area contributed by atoms with Crippen molar-refractivity contribution in [2.24, 2.45) is 0 Å². The SMILES string of the molecule is c1ccc(C2CC2)c(CNCc2nccs2)c1. The van der Waals surface area contributed by atoms with Gasteiger partial charge in [-0.25, -0.2) is 4.98 Å². The van der Waals surface area contributed by atoms with Gasteiger partial charge in [0.1, 0.15) is 5.01 Å². The summed E-state index contributed by atoms with van der Waals surface area (Å²) in [6.45, 7) is 1.82. The third-order valence-corrected chi connectivity index (χ3v) is 3.93. The highest BCUT2D eigenvalue weighted by molar-refractivity contribution is 7.09. The molecule has 1 saturated carbocycles. The molecule has 1 aliphatic carbocycles. The van der Waals surface area contributed by atoms with Gasteiger partial charge >= 0.3 is 0 Å². The van der Waals surface area contributed by atoms with Crippen LogP contribution in [0.1, 0.15) is 34.9 Å². The van der Waals surface area contributed by atoms with Crippen LogP contribution in [0.5, 0.6) is 0 Å². The minimum absolute atomic E-state index is 0.827. The molecule has 1 N–H and O–H groups in total. The third-order valence-electron chi connectivity index (χ3n) is 3.15. The summed E-state index contributed by atoms with van der Waals surface area (Å²) >= 11 is 1.71. The van der Waals surface area contributed by atoms with E-state index in [4.69, 9.17) is 0 Å². The molecule has 0 atom stereocenters. The van der Waals surface area contributed by atoms with Gasteiger partial charge in [0.05, 0.1) is 0 Å². The van der Waals surface area contributed by atoms with Gasteiger partial charge in [0, 0.05) is 24.7 Å². The van der Waals surface area contributed by atoms with Gasteiger partial charge in [-0.3, -0.25) is 0 Å². The molecular formula is C14H16N2S. The number of hydrogen-bond acceptors (Lipinski definition) is 3. The minimum Gasteiger partial charge on any atom is -0.306 e. The van der Waals surface area contributed by atoms with E-state index >= 15 is 0 Å². The van der Waals surface area contributed by atoms with E-state index < -0.39 is 0 Å². The Morgan fingerprint density at radius 2 is 2.12 bits per heavy atom. The van der Waals surface area contributed by atoms with E-state index in [-0.39, 0.29) is 0 Å². The first-order valence-electron chi connectivity index (χ1n) is 6.10. The molecule has 17 heavy (non-hydrogen) atoms. The van der Waals surface area contributed by atoms with E-state index in [2.05, 4.69) is 34.6 Å². The molecule has 0 radical (unpaired) electrons. The average molecular weight is 244 g/mol. The summed E-state index contributed by atoms with van der Waals surface area (Å²) in [7, 11) is 0. The summed E-state index contributed by atoms with van der Waals surface area (Å²) in [5.74, 6) is 0.827. The first-order chi connectivity index (χ1) is 8.43. The molecular weight excluding hydrogens is 228 g/mol. The molecule has 2 aromatic rings. The number of hydrogen-bond donors (Lipinski definition) is 1. The Labute approximate surface area is 106 Å². The maximum absolute atomic E-state index is 4.27. The molecule has 3 rings (SSSR count). The molecule has 0 aliphatic heterocycles. The van der Waals surface area contributed by atoms with Crippen LogP contribution in [-0.4, -0.2) is 4.98 Å². The van der Waals surface area contributed by atoms with Gasteiger partial charge in [0.25, 0.3) is 0 Å². The van der Waals surface area contributed by atoms with Crippen molar-refractivity contribution in [1.82, 2.24) is 10.3 Å². The lowest BCUT2D eigenvalue weighted by atomic mass is 10.0. The molecule has 3 heteroatoms. The monoisotopic (exact) mass is 244 g/mol. The fraction of sp³-hybridized carbons (Fsp3) is 0.357. The van der Waals surface area contributed by atoms with Crippen LogP contribution in [0.25, 0.3) is 0 Å². The number of nitrogens with one attached hydrogen (secondary N) is 1. The predicted molar refractivity (Wildman–Crippen MR) is 71.1 cm³/mol. The molecule has 0 saturated heterocycles. The summed E-state index contributed by atoms with van der Waals surface area (Å²) in [6, 6.07) is 8.80. The zero-order chi connectivity index (χ0) is 11.5. The maximum Gasteiger partial charge on any atom is 0.106 e. The Morgan fingerprint density at radius 1 is 1.24 bits per heavy atom. The van der Waals surface area contributed by atoms with Crippen molar-refractivity contribution in [3.63, 3.8) is 0 Å². The fourth-order valence-corrected chi connectivity index (χ4v) is 2.72. The second-order valence-electron chi connectivity index (χ2n) is 4.50. The summed E-state index contributed by atoms with van der Waals surface area (Å²) in [4.78, 5) is 4.27. The first-order valence-corrected chi connectivity index (χ1v) is 6.98. The first kappa shape index (κ1) is 10.9. The topological polar surface area (TPSA) is 24.9 Å². The number of thiazole rings is 1. The molecule has 0 bridgehead atoms.